The van der Waals surface area contributed by atoms with Crippen LogP contribution < -0.4 is 5.73 Å². The first-order chi connectivity index (χ1) is 9.38. The highest BCUT2D eigenvalue weighted by atomic mass is 32.1. The van der Waals surface area contributed by atoms with Crippen LogP contribution in [0.1, 0.15) is 18.1 Å². The first-order valence-electron chi connectivity index (χ1n) is 6.85. The van der Waals surface area contributed by atoms with Crippen molar-refractivity contribution in [1.29, 1.82) is 0 Å². The minimum Gasteiger partial charge on any atom is -0.389 e. The smallest absolute Gasteiger partial charge is 0.128 e. The maximum atomic E-state index is 14.1. The molecule has 2 atom stereocenters. The highest BCUT2D eigenvalue weighted by Gasteiger charge is 2.31. The monoisotopic (exact) mass is 295 g/mol. The van der Waals surface area contributed by atoms with E-state index in [1.807, 2.05) is 0 Å². The van der Waals surface area contributed by atoms with Gasteiger partial charge in [-0.3, -0.25) is 4.90 Å². The van der Waals surface area contributed by atoms with Gasteiger partial charge in [-0.25, -0.2) is 4.39 Å². The Hall–Kier alpha value is -1.04. The first-order valence-corrected chi connectivity index (χ1v) is 7.26. The van der Waals surface area contributed by atoms with E-state index in [1.54, 1.807) is 12.1 Å². The van der Waals surface area contributed by atoms with Gasteiger partial charge in [0.1, 0.15) is 10.8 Å². The summed E-state index contributed by atoms with van der Waals surface area (Å²) in [5.41, 5.74) is 6.81. The fourth-order valence-corrected chi connectivity index (χ4v) is 3.05. The summed E-state index contributed by atoms with van der Waals surface area (Å²) in [6.07, 6.45) is 0. The molecule has 0 radical (unpaired) electrons. The summed E-state index contributed by atoms with van der Waals surface area (Å²) in [6.45, 7) is 4.86. The number of hydrogen-bond donors (Lipinski definition) is 1. The number of halogens is 1. The van der Waals surface area contributed by atoms with Crippen LogP contribution in [0.15, 0.2) is 18.2 Å². The lowest BCUT2D eigenvalue weighted by molar-refractivity contribution is 0.249. The number of hydrogen-bond acceptors (Lipinski definition) is 3. The summed E-state index contributed by atoms with van der Waals surface area (Å²) in [5.74, 6) is 0.375. The third-order valence-corrected chi connectivity index (χ3v) is 4.28. The van der Waals surface area contributed by atoms with Crippen molar-refractivity contribution in [3.63, 3.8) is 0 Å². The van der Waals surface area contributed by atoms with Crippen LogP contribution in [0, 0.1) is 11.7 Å². The second kappa shape index (κ2) is 6.16. The van der Waals surface area contributed by atoms with E-state index in [4.69, 9.17) is 18.0 Å². The van der Waals surface area contributed by atoms with Gasteiger partial charge < -0.3 is 10.6 Å². The summed E-state index contributed by atoms with van der Waals surface area (Å²) in [4.78, 5) is 4.78. The highest BCUT2D eigenvalue weighted by Crippen LogP contribution is 2.23. The number of nitrogens with two attached hydrogens (primary N) is 1. The second-order valence-corrected chi connectivity index (χ2v) is 6.31. The third kappa shape index (κ3) is 3.34. The summed E-state index contributed by atoms with van der Waals surface area (Å²) in [7, 11) is 4.20. The predicted molar refractivity (Wildman–Crippen MR) is 84.2 cm³/mol. The van der Waals surface area contributed by atoms with Gasteiger partial charge in [0.05, 0.1) is 0 Å². The Morgan fingerprint density at radius 3 is 2.65 bits per heavy atom. The number of thiocarbonyl (C=S) groups is 1. The number of rotatable bonds is 4. The molecule has 20 heavy (non-hydrogen) atoms. The van der Waals surface area contributed by atoms with Gasteiger partial charge in [0.2, 0.25) is 0 Å². The van der Waals surface area contributed by atoms with Crippen LogP contribution in [0.25, 0.3) is 0 Å². The van der Waals surface area contributed by atoms with Gasteiger partial charge in [0, 0.05) is 36.8 Å². The van der Waals surface area contributed by atoms with Gasteiger partial charge in [0.15, 0.2) is 0 Å². The van der Waals surface area contributed by atoms with E-state index in [9.17, 15) is 4.39 Å². The molecule has 1 aromatic carbocycles. The molecule has 110 valence electrons. The molecule has 0 saturated carbocycles. The van der Waals surface area contributed by atoms with E-state index in [-0.39, 0.29) is 10.8 Å². The molecule has 3 nitrogen and oxygen atoms in total. The molecule has 1 aliphatic heterocycles. The zero-order chi connectivity index (χ0) is 14.9. The van der Waals surface area contributed by atoms with Gasteiger partial charge in [-0.2, -0.15) is 0 Å². The minimum absolute atomic E-state index is 0.226. The molecule has 2 rings (SSSR count). The molecule has 1 aliphatic rings. The average molecular weight is 295 g/mol. The van der Waals surface area contributed by atoms with Crippen LogP contribution in [-0.2, 0) is 6.54 Å². The molecule has 5 heteroatoms. The van der Waals surface area contributed by atoms with Crippen LogP contribution >= 0.6 is 12.2 Å². The van der Waals surface area contributed by atoms with Crippen molar-refractivity contribution >= 4 is 17.2 Å². The summed E-state index contributed by atoms with van der Waals surface area (Å²) in [5, 5.41) is 0. The lowest BCUT2D eigenvalue weighted by atomic mass is 10.1. The van der Waals surface area contributed by atoms with Gasteiger partial charge in [-0.15, -0.1) is 0 Å². The van der Waals surface area contributed by atoms with Crippen LogP contribution in [0.3, 0.4) is 0 Å². The number of likely N-dealkylation sites (tertiary alicyclic amines) is 1. The summed E-state index contributed by atoms with van der Waals surface area (Å²) < 4.78 is 14.1. The van der Waals surface area contributed by atoms with Crippen LogP contribution in [0.4, 0.5) is 4.39 Å². The van der Waals surface area contributed by atoms with Gasteiger partial charge in [0.25, 0.3) is 0 Å². The molecule has 0 aliphatic carbocycles. The van der Waals surface area contributed by atoms with Crippen molar-refractivity contribution in [2.24, 2.45) is 11.7 Å². The molecule has 1 fully saturated rings. The van der Waals surface area contributed by atoms with E-state index < -0.39 is 0 Å². The standard InChI is InChI=1S/C15H22FN3S/c1-10-7-19(9-14(10)18(2)3)8-12-5-4-11(15(17)20)6-13(12)16/h4-6,10,14H,7-9H2,1-3H3,(H2,17,20). The Morgan fingerprint density at radius 1 is 1.45 bits per heavy atom. The first kappa shape index (κ1) is 15.4. The van der Waals surface area contributed by atoms with E-state index >= 15 is 0 Å². The molecular formula is C15H22FN3S. The minimum atomic E-state index is -0.226. The van der Waals surface area contributed by atoms with E-state index in [0.29, 0.717) is 29.6 Å². The normalized spacial score (nSPS) is 23.4. The van der Waals surface area contributed by atoms with Gasteiger partial charge >= 0.3 is 0 Å². The van der Waals surface area contributed by atoms with E-state index in [0.717, 1.165) is 13.1 Å². The Labute approximate surface area is 125 Å². The maximum Gasteiger partial charge on any atom is 0.128 e. The Bertz CT molecular complexity index is 504. The maximum absolute atomic E-state index is 14.1. The Balaban J connectivity index is 2.06. The molecule has 2 unspecified atom stereocenters. The number of benzene rings is 1. The average Bonchev–Trinajstić information content (AvgIpc) is 2.73. The van der Waals surface area contributed by atoms with Crippen molar-refractivity contribution < 1.29 is 4.39 Å². The SMILES string of the molecule is CC1CN(Cc2ccc(C(N)=S)cc2F)CC1N(C)C. The largest absolute Gasteiger partial charge is 0.389 e. The van der Waals surface area contributed by atoms with Crippen molar-refractivity contribution in [1.82, 2.24) is 9.80 Å². The lowest BCUT2D eigenvalue weighted by Gasteiger charge is -2.22. The zero-order valence-electron chi connectivity index (χ0n) is 12.3. The van der Waals surface area contributed by atoms with E-state index in [2.05, 4.69) is 30.8 Å². The van der Waals surface area contributed by atoms with Crippen molar-refractivity contribution in [2.45, 2.75) is 19.5 Å². The highest BCUT2D eigenvalue weighted by molar-refractivity contribution is 7.80. The molecular weight excluding hydrogens is 273 g/mol. The lowest BCUT2D eigenvalue weighted by Crippen LogP contribution is -2.34. The number of nitrogens with zero attached hydrogens (tertiary/aromatic N) is 2. The molecule has 1 heterocycles. The summed E-state index contributed by atoms with van der Waals surface area (Å²) in [6, 6.07) is 5.55. The van der Waals surface area contributed by atoms with Gasteiger partial charge in [-0.05, 0) is 26.1 Å². The third-order valence-electron chi connectivity index (χ3n) is 4.04. The molecule has 1 aromatic rings. The molecule has 0 aromatic heterocycles. The summed E-state index contributed by atoms with van der Waals surface area (Å²) >= 11 is 4.86. The van der Waals surface area contributed by atoms with Crippen molar-refractivity contribution in [2.75, 3.05) is 27.2 Å². The molecule has 0 amide bonds. The van der Waals surface area contributed by atoms with Crippen LogP contribution in [0.5, 0.6) is 0 Å². The van der Waals surface area contributed by atoms with Crippen molar-refractivity contribution in [3.05, 3.63) is 35.1 Å². The van der Waals surface area contributed by atoms with Gasteiger partial charge in [-0.1, -0.05) is 31.3 Å². The molecule has 1 saturated heterocycles. The second-order valence-electron chi connectivity index (χ2n) is 5.87. The molecule has 2 N–H and O–H groups in total. The zero-order valence-corrected chi connectivity index (χ0v) is 13.1. The van der Waals surface area contributed by atoms with E-state index in [1.165, 1.54) is 6.07 Å². The Morgan fingerprint density at radius 2 is 2.15 bits per heavy atom. The quantitative estimate of drug-likeness (QED) is 0.859. The van der Waals surface area contributed by atoms with Crippen molar-refractivity contribution in [3.8, 4) is 0 Å². The Kier molecular flexibility index (Phi) is 4.73. The van der Waals surface area contributed by atoms with Crippen LogP contribution in [-0.4, -0.2) is 48.0 Å². The fourth-order valence-electron chi connectivity index (χ4n) is 2.92. The fraction of sp³-hybridized carbons (Fsp3) is 0.533. The molecule has 0 bridgehead atoms. The topological polar surface area (TPSA) is 32.5 Å². The molecule has 0 spiro atoms. The van der Waals surface area contributed by atoms with Crippen LogP contribution in [0.2, 0.25) is 0 Å². The number of likely N-dealkylation sites (N-methyl/N-ethyl adjacent to an activating group) is 1. The predicted octanol–water partition coefficient (Wildman–Crippen LogP) is 1.84.